The number of fused-ring (bicyclic) bond motifs is 1. The number of hydrogen-bond donors (Lipinski definition) is 1. The van der Waals surface area contributed by atoms with Gasteiger partial charge in [-0.1, -0.05) is 6.92 Å². The van der Waals surface area contributed by atoms with Crippen LogP contribution in [-0.4, -0.2) is 29.9 Å². The summed E-state index contributed by atoms with van der Waals surface area (Å²) in [5, 5.41) is 2.07. The zero-order valence-corrected chi connectivity index (χ0v) is 12.3. The highest BCUT2D eigenvalue weighted by molar-refractivity contribution is 7.10. The van der Waals surface area contributed by atoms with Crippen molar-refractivity contribution >= 4 is 17.2 Å². The molecule has 3 nitrogen and oxygen atoms in total. The molecule has 3 rings (SSSR count). The topological polar surface area (TPSA) is 46.3 Å². The van der Waals surface area contributed by atoms with E-state index in [1.807, 2.05) is 4.90 Å². The maximum Gasteiger partial charge on any atom is 0.255 e. The molecule has 1 saturated heterocycles. The van der Waals surface area contributed by atoms with E-state index in [9.17, 15) is 4.79 Å². The van der Waals surface area contributed by atoms with Crippen LogP contribution in [0.4, 0.5) is 0 Å². The molecule has 104 valence electrons. The highest BCUT2D eigenvalue weighted by Gasteiger charge is 2.28. The van der Waals surface area contributed by atoms with E-state index < -0.39 is 0 Å². The molecular weight excluding hydrogens is 256 g/mol. The molecule has 4 heteroatoms. The second kappa shape index (κ2) is 5.25. The van der Waals surface area contributed by atoms with Crippen molar-refractivity contribution in [2.45, 2.75) is 45.1 Å². The van der Waals surface area contributed by atoms with E-state index in [1.165, 1.54) is 16.9 Å². The zero-order valence-electron chi connectivity index (χ0n) is 11.5. The Labute approximate surface area is 118 Å². The van der Waals surface area contributed by atoms with E-state index in [0.717, 1.165) is 50.3 Å². The number of piperidine rings is 1. The Morgan fingerprint density at radius 3 is 3.11 bits per heavy atom. The second-order valence-electron chi connectivity index (χ2n) is 6.05. The van der Waals surface area contributed by atoms with Gasteiger partial charge in [-0.15, -0.1) is 11.3 Å². The van der Waals surface area contributed by atoms with Gasteiger partial charge in [0, 0.05) is 29.4 Å². The summed E-state index contributed by atoms with van der Waals surface area (Å²) in [7, 11) is 0. The van der Waals surface area contributed by atoms with Crippen LogP contribution in [0.5, 0.6) is 0 Å². The first-order valence-corrected chi connectivity index (χ1v) is 8.17. The van der Waals surface area contributed by atoms with Crippen molar-refractivity contribution in [3.05, 3.63) is 21.4 Å². The van der Waals surface area contributed by atoms with Crippen molar-refractivity contribution in [3.63, 3.8) is 0 Å². The summed E-state index contributed by atoms with van der Waals surface area (Å²) < 4.78 is 0. The van der Waals surface area contributed by atoms with Gasteiger partial charge in [0.25, 0.3) is 5.91 Å². The fraction of sp³-hybridized carbons (Fsp3) is 0.667. The van der Waals surface area contributed by atoms with Crippen molar-refractivity contribution in [1.82, 2.24) is 4.90 Å². The number of thiophene rings is 1. The molecule has 1 aromatic heterocycles. The second-order valence-corrected chi connectivity index (χ2v) is 7.02. The molecule has 1 aromatic rings. The van der Waals surface area contributed by atoms with Crippen molar-refractivity contribution in [1.29, 1.82) is 0 Å². The third-order valence-electron chi connectivity index (χ3n) is 4.38. The number of carbonyl (C=O) groups excluding carboxylic acids is 1. The molecule has 2 heterocycles. The van der Waals surface area contributed by atoms with Gasteiger partial charge < -0.3 is 10.6 Å². The van der Waals surface area contributed by atoms with Crippen LogP contribution in [0.3, 0.4) is 0 Å². The fourth-order valence-corrected chi connectivity index (χ4v) is 4.46. The quantitative estimate of drug-likeness (QED) is 0.857. The van der Waals surface area contributed by atoms with Crippen LogP contribution < -0.4 is 5.73 Å². The highest BCUT2D eigenvalue weighted by atomic mass is 32.1. The van der Waals surface area contributed by atoms with Crippen LogP contribution in [-0.2, 0) is 12.8 Å². The third-order valence-corrected chi connectivity index (χ3v) is 5.43. The van der Waals surface area contributed by atoms with E-state index in [2.05, 4.69) is 12.3 Å². The maximum atomic E-state index is 12.6. The predicted octanol–water partition coefficient (Wildman–Crippen LogP) is 2.44. The molecule has 19 heavy (non-hydrogen) atoms. The Morgan fingerprint density at radius 2 is 2.32 bits per heavy atom. The Bertz CT molecular complexity index is 482. The van der Waals surface area contributed by atoms with Gasteiger partial charge in [-0.3, -0.25) is 4.79 Å². The molecule has 1 fully saturated rings. The van der Waals surface area contributed by atoms with Crippen molar-refractivity contribution in [3.8, 4) is 0 Å². The standard InChI is InChI=1S/C15H22N2OS/c1-10-4-5-12-13(9-19-14(12)7-10)15(18)17-6-2-3-11(16)8-17/h9-11H,2-8,16H2,1H3. The van der Waals surface area contributed by atoms with Gasteiger partial charge in [0.15, 0.2) is 0 Å². The van der Waals surface area contributed by atoms with Gasteiger partial charge in [-0.25, -0.2) is 0 Å². The van der Waals surface area contributed by atoms with Crippen LogP contribution in [0.1, 0.15) is 47.0 Å². The summed E-state index contributed by atoms with van der Waals surface area (Å²) in [4.78, 5) is 16.0. The van der Waals surface area contributed by atoms with Crippen LogP contribution in [0.2, 0.25) is 0 Å². The molecule has 2 N–H and O–H groups in total. The fourth-order valence-electron chi connectivity index (χ4n) is 3.22. The van der Waals surface area contributed by atoms with Gasteiger partial charge >= 0.3 is 0 Å². The molecule has 0 radical (unpaired) electrons. The van der Waals surface area contributed by atoms with E-state index in [0.29, 0.717) is 0 Å². The van der Waals surface area contributed by atoms with Crippen molar-refractivity contribution < 1.29 is 4.79 Å². The average Bonchev–Trinajstić information content (AvgIpc) is 2.80. The van der Waals surface area contributed by atoms with Gasteiger partial charge in [0.1, 0.15) is 0 Å². The van der Waals surface area contributed by atoms with E-state index in [-0.39, 0.29) is 11.9 Å². The lowest BCUT2D eigenvalue weighted by molar-refractivity contribution is 0.0708. The lowest BCUT2D eigenvalue weighted by atomic mass is 9.88. The molecule has 2 aliphatic rings. The maximum absolute atomic E-state index is 12.6. The van der Waals surface area contributed by atoms with Crippen molar-refractivity contribution in [2.75, 3.05) is 13.1 Å². The van der Waals surface area contributed by atoms with Crippen LogP contribution >= 0.6 is 11.3 Å². The number of carbonyl (C=O) groups is 1. The number of likely N-dealkylation sites (tertiary alicyclic amines) is 1. The summed E-state index contributed by atoms with van der Waals surface area (Å²) >= 11 is 1.77. The van der Waals surface area contributed by atoms with Gasteiger partial charge in [0.05, 0.1) is 5.56 Å². The molecule has 0 saturated carbocycles. The smallest absolute Gasteiger partial charge is 0.255 e. The van der Waals surface area contributed by atoms with E-state index in [1.54, 1.807) is 11.3 Å². The minimum Gasteiger partial charge on any atom is -0.337 e. The molecule has 1 aliphatic carbocycles. The lowest BCUT2D eigenvalue weighted by Gasteiger charge is -2.31. The first-order valence-electron chi connectivity index (χ1n) is 7.29. The van der Waals surface area contributed by atoms with Crippen LogP contribution in [0, 0.1) is 5.92 Å². The summed E-state index contributed by atoms with van der Waals surface area (Å²) in [6.45, 7) is 3.89. The van der Waals surface area contributed by atoms with Crippen LogP contribution in [0.25, 0.3) is 0 Å². The van der Waals surface area contributed by atoms with Gasteiger partial charge in [0.2, 0.25) is 0 Å². The number of rotatable bonds is 1. The molecule has 0 spiro atoms. The molecule has 2 unspecified atom stereocenters. The molecular formula is C15H22N2OS. The number of hydrogen-bond acceptors (Lipinski definition) is 3. The summed E-state index contributed by atoms with van der Waals surface area (Å²) in [5.74, 6) is 0.972. The summed E-state index contributed by atoms with van der Waals surface area (Å²) in [6.07, 6.45) is 5.51. The van der Waals surface area contributed by atoms with E-state index >= 15 is 0 Å². The Balaban J connectivity index is 1.80. The number of nitrogens with two attached hydrogens (primary N) is 1. The molecule has 0 aromatic carbocycles. The SMILES string of the molecule is CC1CCc2c(C(=O)N3CCCC(N)C3)csc2C1. The first-order chi connectivity index (χ1) is 9.15. The molecule has 1 amide bonds. The molecule has 1 aliphatic heterocycles. The average molecular weight is 278 g/mol. The lowest BCUT2D eigenvalue weighted by Crippen LogP contribution is -2.45. The summed E-state index contributed by atoms with van der Waals surface area (Å²) in [5.41, 5.74) is 8.27. The monoisotopic (exact) mass is 278 g/mol. The Hall–Kier alpha value is -0.870. The van der Waals surface area contributed by atoms with Crippen molar-refractivity contribution in [2.24, 2.45) is 11.7 Å². The third kappa shape index (κ3) is 2.56. The number of amides is 1. The van der Waals surface area contributed by atoms with Gasteiger partial charge in [-0.2, -0.15) is 0 Å². The highest BCUT2D eigenvalue weighted by Crippen LogP contribution is 2.33. The van der Waals surface area contributed by atoms with Gasteiger partial charge in [-0.05, 0) is 43.6 Å². The largest absolute Gasteiger partial charge is 0.337 e. The normalized spacial score (nSPS) is 27.2. The van der Waals surface area contributed by atoms with E-state index in [4.69, 9.17) is 5.73 Å². The minimum absolute atomic E-state index is 0.159. The first kappa shape index (κ1) is 13.1. The minimum atomic E-state index is 0.159. The molecule has 0 bridgehead atoms. The van der Waals surface area contributed by atoms with Crippen LogP contribution in [0.15, 0.2) is 5.38 Å². The zero-order chi connectivity index (χ0) is 13.4. The summed E-state index contributed by atoms with van der Waals surface area (Å²) in [6, 6.07) is 0.159. The predicted molar refractivity (Wildman–Crippen MR) is 78.6 cm³/mol. The Kier molecular flexibility index (Phi) is 3.63. The number of nitrogens with zero attached hydrogens (tertiary/aromatic N) is 1. The Morgan fingerprint density at radius 1 is 1.47 bits per heavy atom. The molecule has 2 atom stereocenters.